The van der Waals surface area contributed by atoms with Crippen molar-refractivity contribution in [1.82, 2.24) is 0 Å². The number of alkyl halides is 1. The molecular weight excluding hydrogens is 172 g/mol. The number of hydrogen-bond acceptors (Lipinski definition) is 1. The van der Waals surface area contributed by atoms with Gasteiger partial charge in [0.25, 0.3) is 0 Å². The van der Waals surface area contributed by atoms with Gasteiger partial charge in [-0.05, 0) is 11.6 Å². The predicted octanol–water partition coefficient (Wildman–Crippen LogP) is 2.87. The van der Waals surface area contributed by atoms with Gasteiger partial charge in [-0.15, -0.1) is 11.6 Å². The second-order valence-corrected chi connectivity index (χ2v) is 3.01. The van der Waals surface area contributed by atoms with Gasteiger partial charge in [-0.25, -0.2) is 0 Å². The average Bonchev–Trinajstić information content (AvgIpc) is 2.52. The van der Waals surface area contributed by atoms with Gasteiger partial charge in [0.1, 0.15) is 5.75 Å². The lowest BCUT2D eigenvalue weighted by Gasteiger charge is -1.93. The normalized spacial score (nSPS) is 12.5. The van der Waals surface area contributed by atoms with Crippen molar-refractivity contribution in [2.75, 3.05) is 12.5 Å². The summed E-state index contributed by atoms with van der Waals surface area (Å²) >= 11 is 5.00. The summed E-state index contributed by atoms with van der Waals surface area (Å²) in [4.78, 5) is 0. The van der Waals surface area contributed by atoms with E-state index in [4.69, 9.17) is 16.3 Å². The second kappa shape index (κ2) is 5.04. The Balaban J connectivity index is 0.000000213. The standard InChI is InChI=1S/C8H8O.C2H5Cl/c1-2-4-8-7(3-1)5-6-9-8;1-2-3/h1-4H,5-6H2;2H2,1H3. The Labute approximate surface area is 78.3 Å². The van der Waals surface area contributed by atoms with Crippen molar-refractivity contribution in [2.45, 2.75) is 13.3 Å². The molecular formula is C10H13ClO. The van der Waals surface area contributed by atoms with Crippen LogP contribution in [0.1, 0.15) is 12.5 Å². The number of halogens is 1. The number of hydrogen-bond donors (Lipinski definition) is 0. The summed E-state index contributed by atoms with van der Waals surface area (Å²) in [5.74, 6) is 1.79. The van der Waals surface area contributed by atoms with Crippen LogP contribution in [-0.2, 0) is 6.42 Å². The molecule has 2 rings (SSSR count). The quantitative estimate of drug-likeness (QED) is 0.564. The summed E-state index contributed by atoms with van der Waals surface area (Å²) in [6.45, 7) is 2.75. The summed E-state index contributed by atoms with van der Waals surface area (Å²) < 4.78 is 5.30. The van der Waals surface area contributed by atoms with Crippen molar-refractivity contribution in [2.24, 2.45) is 0 Å². The fraction of sp³-hybridized carbons (Fsp3) is 0.400. The summed E-state index contributed by atoms with van der Waals surface area (Å²) in [6, 6.07) is 8.18. The molecule has 1 heterocycles. The number of fused-ring (bicyclic) bond motifs is 1. The van der Waals surface area contributed by atoms with Crippen LogP contribution in [0.4, 0.5) is 0 Å². The summed E-state index contributed by atoms with van der Waals surface area (Å²) in [6.07, 6.45) is 1.08. The molecule has 0 spiro atoms. The maximum absolute atomic E-state index is 5.30. The highest BCUT2D eigenvalue weighted by Crippen LogP contribution is 2.23. The van der Waals surface area contributed by atoms with Crippen LogP contribution in [-0.4, -0.2) is 12.5 Å². The molecule has 66 valence electrons. The lowest BCUT2D eigenvalue weighted by Crippen LogP contribution is -1.85. The predicted molar refractivity (Wildman–Crippen MR) is 52.0 cm³/mol. The van der Waals surface area contributed by atoms with Crippen LogP contribution < -0.4 is 4.74 Å². The highest BCUT2D eigenvalue weighted by atomic mass is 35.5. The molecule has 0 amide bonds. The van der Waals surface area contributed by atoms with Crippen LogP contribution in [0.25, 0.3) is 0 Å². The maximum Gasteiger partial charge on any atom is 0.122 e. The minimum atomic E-state index is 0.722. The molecule has 0 N–H and O–H groups in total. The fourth-order valence-electron chi connectivity index (χ4n) is 1.12. The van der Waals surface area contributed by atoms with E-state index in [0.717, 1.165) is 24.7 Å². The van der Waals surface area contributed by atoms with Gasteiger partial charge in [-0.1, -0.05) is 25.1 Å². The van der Waals surface area contributed by atoms with Crippen molar-refractivity contribution >= 4 is 11.6 Å². The third kappa shape index (κ3) is 2.42. The molecule has 2 heteroatoms. The van der Waals surface area contributed by atoms with Crippen molar-refractivity contribution in [3.05, 3.63) is 29.8 Å². The van der Waals surface area contributed by atoms with Crippen LogP contribution in [0.3, 0.4) is 0 Å². The molecule has 0 saturated heterocycles. The molecule has 0 radical (unpaired) electrons. The van der Waals surface area contributed by atoms with E-state index >= 15 is 0 Å². The minimum Gasteiger partial charge on any atom is -0.493 e. The molecule has 0 unspecified atom stereocenters. The Hall–Kier alpha value is -0.690. The Morgan fingerprint density at radius 1 is 1.42 bits per heavy atom. The molecule has 0 saturated carbocycles. The first-order valence-corrected chi connectivity index (χ1v) is 4.68. The molecule has 1 nitrogen and oxygen atoms in total. The van der Waals surface area contributed by atoms with Crippen molar-refractivity contribution in [3.8, 4) is 5.75 Å². The summed E-state index contributed by atoms with van der Waals surface area (Å²) in [5, 5.41) is 0. The molecule has 0 fully saturated rings. The minimum absolute atomic E-state index is 0.722. The van der Waals surface area contributed by atoms with Crippen LogP contribution in [0.2, 0.25) is 0 Å². The zero-order valence-corrected chi connectivity index (χ0v) is 7.97. The first-order chi connectivity index (χ1) is 5.88. The van der Waals surface area contributed by atoms with E-state index in [9.17, 15) is 0 Å². The molecule has 0 atom stereocenters. The van der Waals surface area contributed by atoms with E-state index in [-0.39, 0.29) is 0 Å². The molecule has 12 heavy (non-hydrogen) atoms. The molecule has 0 aromatic heterocycles. The van der Waals surface area contributed by atoms with E-state index in [1.54, 1.807) is 0 Å². The van der Waals surface area contributed by atoms with E-state index in [2.05, 4.69) is 6.07 Å². The molecule has 0 aliphatic carbocycles. The van der Waals surface area contributed by atoms with Crippen LogP contribution >= 0.6 is 11.6 Å². The fourth-order valence-corrected chi connectivity index (χ4v) is 1.12. The molecule has 1 aromatic carbocycles. The van der Waals surface area contributed by atoms with E-state index < -0.39 is 0 Å². The summed E-state index contributed by atoms with van der Waals surface area (Å²) in [7, 11) is 0. The van der Waals surface area contributed by atoms with Crippen LogP contribution in [0.5, 0.6) is 5.75 Å². The van der Waals surface area contributed by atoms with Gasteiger partial charge < -0.3 is 4.74 Å². The maximum atomic E-state index is 5.30. The number of rotatable bonds is 0. The Morgan fingerprint density at radius 3 is 2.75 bits per heavy atom. The van der Waals surface area contributed by atoms with Gasteiger partial charge in [0.2, 0.25) is 0 Å². The van der Waals surface area contributed by atoms with E-state index in [1.165, 1.54) is 5.56 Å². The Morgan fingerprint density at radius 2 is 2.08 bits per heavy atom. The lowest BCUT2D eigenvalue weighted by molar-refractivity contribution is 0.357. The first-order valence-electron chi connectivity index (χ1n) is 4.15. The van der Waals surface area contributed by atoms with Gasteiger partial charge in [-0.2, -0.15) is 0 Å². The highest BCUT2D eigenvalue weighted by molar-refractivity contribution is 6.17. The van der Waals surface area contributed by atoms with E-state index in [0.29, 0.717) is 0 Å². The van der Waals surface area contributed by atoms with Gasteiger partial charge in [0, 0.05) is 12.3 Å². The topological polar surface area (TPSA) is 9.23 Å². The van der Waals surface area contributed by atoms with Gasteiger partial charge >= 0.3 is 0 Å². The van der Waals surface area contributed by atoms with Crippen LogP contribution in [0.15, 0.2) is 24.3 Å². The SMILES string of the molecule is CCCl.c1ccc2c(c1)CCO2. The Bertz CT molecular complexity index is 212. The van der Waals surface area contributed by atoms with E-state index in [1.807, 2.05) is 25.1 Å². The highest BCUT2D eigenvalue weighted by Gasteiger charge is 2.08. The smallest absolute Gasteiger partial charge is 0.122 e. The third-order valence-corrected chi connectivity index (χ3v) is 1.60. The van der Waals surface area contributed by atoms with Gasteiger partial charge in [0.05, 0.1) is 6.61 Å². The molecule has 1 aromatic rings. The summed E-state index contributed by atoms with van der Waals surface area (Å²) in [5.41, 5.74) is 1.34. The molecule has 0 bridgehead atoms. The zero-order chi connectivity index (χ0) is 8.81. The Kier molecular flexibility index (Phi) is 3.95. The largest absolute Gasteiger partial charge is 0.493 e. The average molecular weight is 185 g/mol. The van der Waals surface area contributed by atoms with Crippen LogP contribution in [0, 0.1) is 0 Å². The van der Waals surface area contributed by atoms with Gasteiger partial charge in [0.15, 0.2) is 0 Å². The second-order valence-electron chi connectivity index (χ2n) is 2.47. The molecule has 1 aliphatic heterocycles. The third-order valence-electron chi connectivity index (χ3n) is 1.60. The monoisotopic (exact) mass is 184 g/mol. The van der Waals surface area contributed by atoms with Crippen molar-refractivity contribution in [3.63, 3.8) is 0 Å². The number of para-hydroxylation sites is 1. The van der Waals surface area contributed by atoms with Crippen molar-refractivity contribution in [1.29, 1.82) is 0 Å². The molecule has 1 aliphatic rings. The number of benzene rings is 1. The zero-order valence-electron chi connectivity index (χ0n) is 7.22. The first kappa shape index (κ1) is 9.40. The lowest BCUT2D eigenvalue weighted by atomic mass is 10.2. The van der Waals surface area contributed by atoms with Crippen molar-refractivity contribution < 1.29 is 4.74 Å². The van der Waals surface area contributed by atoms with Gasteiger partial charge in [-0.3, -0.25) is 0 Å². The number of ether oxygens (including phenoxy) is 1.